The van der Waals surface area contributed by atoms with Crippen molar-refractivity contribution in [2.45, 2.75) is 18.9 Å². The Hall–Kier alpha value is -3.28. The summed E-state index contributed by atoms with van der Waals surface area (Å²) < 4.78 is 1.67. The number of benzene rings is 1. The number of hydrogen-bond donors (Lipinski definition) is 0. The fourth-order valence-electron chi connectivity index (χ4n) is 3.47. The molecule has 1 aliphatic heterocycles. The smallest absolute Gasteiger partial charge is 0.261 e. The molecule has 2 aromatic heterocycles. The van der Waals surface area contributed by atoms with E-state index in [1.54, 1.807) is 46.4 Å². The standard InChI is InChI=1S/C21H20N4O2/c26-20(10-9-16-5-3-11-22-13-16)24-12-4-6-17(14-24)25-15-23-19-8-2-1-7-18(19)21(25)27/h1-3,5,7-11,13,15,17H,4,6,12,14H2/b10-9+/t17-/m1/s1. The Morgan fingerprint density at radius 2 is 2.07 bits per heavy atom. The van der Waals surface area contributed by atoms with Crippen molar-refractivity contribution in [2.24, 2.45) is 0 Å². The lowest BCUT2D eigenvalue weighted by atomic mass is 10.0. The summed E-state index contributed by atoms with van der Waals surface area (Å²) in [6, 6.07) is 11.0. The molecule has 6 heteroatoms. The van der Waals surface area contributed by atoms with Crippen molar-refractivity contribution in [3.05, 3.63) is 77.1 Å². The predicted molar refractivity (Wildman–Crippen MR) is 104 cm³/mol. The van der Waals surface area contributed by atoms with Gasteiger partial charge < -0.3 is 4.90 Å². The van der Waals surface area contributed by atoms with Crippen LogP contribution in [0.15, 0.2) is 66.0 Å². The van der Waals surface area contributed by atoms with Crippen LogP contribution in [0.3, 0.4) is 0 Å². The first-order valence-electron chi connectivity index (χ1n) is 9.05. The third-order valence-corrected chi connectivity index (χ3v) is 4.89. The van der Waals surface area contributed by atoms with Crippen molar-refractivity contribution in [3.8, 4) is 0 Å². The summed E-state index contributed by atoms with van der Waals surface area (Å²) in [4.78, 5) is 35.6. The normalized spacial score (nSPS) is 17.5. The van der Waals surface area contributed by atoms with Gasteiger partial charge in [-0.1, -0.05) is 18.2 Å². The first-order chi connectivity index (χ1) is 13.2. The maximum atomic E-state index is 12.8. The Kier molecular flexibility index (Phi) is 4.78. The van der Waals surface area contributed by atoms with Gasteiger partial charge >= 0.3 is 0 Å². The predicted octanol–water partition coefficient (Wildman–Crippen LogP) is 2.67. The van der Waals surface area contributed by atoms with Crippen LogP contribution in [0.25, 0.3) is 17.0 Å². The van der Waals surface area contributed by atoms with E-state index in [1.807, 2.05) is 30.3 Å². The minimum absolute atomic E-state index is 0.0502. The highest BCUT2D eigenvalue weighted by atomic mass is 16.2. The minimum atomic E-state index is -0.0564. The zero-order valence-electron chi connectivity index (χ0n) is 14.9. The number of carbonyl (C=O) groups excluding carboxylic acids is 1. The fraction of sp³-hybridized carbons (Fsp3) is 0.238. The molecule has 0 aliphatic carbocycles. The number of fused-ring (bicyclic) bond motifs is 1. The molecule has 27 heavy (non-hydrogen) atoms. The SMILES string of the molecule is O=C(/C=C/c1cccnc1)N1CCC[C@@H](n2cnc3ccccc3c2=O)C1. The molecule has 0 N–H and O–H groups in total. The summed E-state index contributed by atoms with van der Waals surface area (Å²) in [5, 5.41) is 0.611. The Balaban J connectivity index is 1.53. The summed E-state index contributed by atoms with van der Waals surface area (Å²) >= 11 is 0. The zero-order chi connectivity index (χ0) is 18.6. The average Bonchev–Trinajstić information content (AvgIpc) is 2.73. The number of likely N-dealkylation sites (tertiary alicyclic amines) is 1. The Morgan fingerprint density at radius 1 is 1.19 bits per heavy atom. The van der Waals surface area contributed by atoms with E-state index in [1.165, 1.54) is 0 Å². The Bertz CT molecular complexity index is 1040. The molecule has 3 heterocycles. The zero-order valence-corrected chi connectivity index (χ0v) is 14.9. The number of para-hydroxylation sites is 1. The molecule has 4 rings (SSSR count). The molecule has 136 valence electrons. The van der Waals surface area contributed by atoms with Crippen LogP contribution in [0.1, 0.15) is 24.4 Å². The van der Waals surface area contributed by atoms with Crippen molar-refractivity contribution < 1.29 is 4.79 Å². The third-order valence-electron chi connectivity index (χ3n) is 4.89. The Morgan fingerprint density at radius 3 is 2.93 bits per heavy atom. The van der Waals surface area contributed by atoms with Crippen molar-refractivity contribution in [1.29, 1.82) is 0 Å². The molecule has 1 amide bonds. The first-order valence-corrected chi connectivity index (χ1v) is 9.05. The number of pyridine rings is 1. The molecular formula is C21H20N4O2. The number of hydrogen-bond acceptors (Lipinski definition) is 4. The molecule has 1 atom stereocenters. The quantitative estimate of drug-likeness (QED) is 0.674. The Labute approximate surface area is 156 Å². The van der Waals surface area contributed by atoms with E-state index >= 15 is 0 Å². The van der Waals surface area contributed by atoms with Gasteiger partial charge in [-0.05, 0) is 42.7 Å². The molecule has 0 saturated carbocycles. The second-order valence-electron chi connectivity index (χ2n) is 6.67. The van der Waals surface area contributed by atoms with Gasteiger partial charge in [0, 0.05) is 31.6 Å². The van der Waals surface area contributed by atoms with E-state index in [0.717, 1.165) is 18.4 Å². The molecule has 0 unspecified atom stereocenters. The van der Waals surface area contributed by atoms with Gasteiger partial charge in [-0.2, -0.15) is 0 Å². The van der Waals surface area contributed by atoms with Crippen molar-refractivity contribution in [3.63, 3.8) is 0 Å². The summed E-state index contributed by atoms with van der Waals surface area (Å²) in [6.07, 6.45) is 10.1. The van der Waals surface area contributed by atoms with E-state index in [4.69, 9.17) is 0 Å². The van der Waals surface area contributed by atoms with Gasteiger partial charge in [-0.15, -0.1) is 0 Å². The summed E-state index contributed by atoms with van der Waals surface area (Å²) in [6.45, 7) is 1.21. The van der Waals surface area contributed by atoms with Crippen LogP contribution < -0.4 is 5.56 Å². The monoisotopic (exact) mass is 360 g/mol. The number of amides is 1. The fourth-order valence-corrected chi connectivity index (χ4v) is 3.47. The number of aromatic nitrogens is 3. The van der Waals surface area contributed by atoms with E-state index in [9.17, 15) is 9.59 Å². The van der Waals surface area contributed by atoms with Crippen LogP contribution in [-0.4, -0.2) is 38.4 Å². The minimum Gasteiger partial charge on any atom is -0.337 e. The van der Waals surface area contributed by atoms with E-state index in [0.29, 0.717) is 24.0 Å². The molecule has 6 nitrogen and oxygen atoms in total. The molecule has 0 spiro atoms. The average molecular weight is 360 g/mol. The molecule has 1 saturated heterocycles. The second kappa shape index (κ2) is 7.53. The lowest BCUT2D eigenvalue weighted by Gasteiger charge is -2.33. The van der Waals surface area contributed by atoms with E-state index in [2.05, 4.69) is 9.97 Å². The van der Waals surface area contributed by atoms with Gasteiger partial charge in [0.05, 0.1) is 23.3 Å². The summed E-state index contributed by atoms with van der Waals surface area (Å²) in [7, 11) is 0. The summed E-state index contributed by atoms with van der Waals surface area (Å²) in [5.41, 5.74) is 1.53. The largest absolute Gasteiger partial charge is 0.337 e. The van der Waals surface area contributed by atoms with Gasteiger partial charge in [0.25, 0.3) is 5.56 Å². The molecular weight excluding hydrogens is 340 g/mol. The van der Waals surface area contributed by atoms with Crippen molar-refractivity contribution in [1.82, 2.24) is 19.4 Å². The molecule has 3 aromatic rings. The number of piperidine rings is 1. The van der Waals surface area contributed by atoms with Crippen LogP contribution in [0.2, 0.25) is 0 Å². The second-order valence-corrected chi connectivity index (χ2v) is 6.67. The molecule has 0 radical (unpaired) electrons. The molecule has 0 bridgehead atoms. The maximum absolute atomic E-state index is 12.8. The lowest BCUT2D eigenvalue weighted by molar-refractivity contribution is -0.127. The van der Waals surface area contributed by atoms with Gasteiger partial charge in [-0.25, -0.2) is 4.98 Å². The highest BCUT2D eigenvalue weighted by Crippen LogP contribution is 2.21. The van der Waals surface area contributed by atoms with Crippen LogP contribution in [-0.2, 0) is 4.79 Å². The third kappa shape index (κ3) is 3.65. The number of nitrogens with zero attached hydrogens (tertiary/aromatic N) is 4. The van der Waals surface area contributed by atoms with Crippen molar-refractivity contribution >= 4 is 22.9 Å². The molecule has 1 aliphatic rings. The number of rotatable bonds is 3. The van der Waals surface area contributed by atoms with Crippen LogP contribution in [0.4, 0.5) is 0 Å². The topological polar surface area (TPSA) is 68.1 Å². The lowest BCUT2D eigenvalue weighted by Crippen LogP contribution is -2.42. The van der Waals surface area contributed by atoms with Crippen LogP contribution in [0, 0.1) is 0 Å². The van der Waals surface area contributed by atoms with E-state index in [-0.39, 0.29) is 17.5 Å². The van der Waals surface area contributed by atoms with Crippen LogP contribution >= 0.6 is 0 Å². The summed E-state index contributed by atoms with van der Waals surface area (Å²) in [5.74, 6) is -0.0506. The van der Waals surface area contributed by atoms with Gasteiger partial charge in [0.1, 0.15) is 0 Å². The van der Waals surface area contributed by atoms with Gasteiger partial charge in [0.15, 0.2) is 0 Å². The van der Waals surface area contributed by atoms with E-state index < -0.39 is 0 Å². The molecule has 1 aromatic carbocycles. The van der Waals surface area contributed by atoms with Crippen molar-refractivity contribution in [2.75, 3.05) is 13.1 Å². The maximum Gasteiger partial charge on any atom is 0.261 e. The first kappa shape index (κ1) is 17.1. The number of carbonyl (C=O) groups is 1. The highest BCUT2D eigenvalue weighted by Gasteiger charge is 2.24. The van der Waals surface area contributed by atoms with Crippen LogP contribution in [0.5, 0.6) is 0 Å². The van der Waals surface area contributed by atoms with Gasteiger partial charge in [-0.3, -0.25) is 19.1 Å². The molecule has 1 fully saturated rings. The highest BCUT2D eigenvalue weighted by molar-refractivity contribution is 5.91. The van der Waals surface area contributed by atoms with Gasteiger partial charge in [0.2, 0.25) is 5.91 Å².